The van der Waals surface area contributed by atoms with E-state index in [2.05, 4.69) is 23.5 Å². The van der Waals surface area contributed by atoms with Crippen molar-refractivity contribution in [2.45, 2.75) is 51.8 Å². The zero-order valence-corrected chi connectivity index (χ0v) is 14.2. The summed E-state index contributed by atoms with van der Waals surface area (Å²) in [6.07, 6.45) is 7.38. The topological polar surface area (TPSA) is 59.4 Å². The summed E-state index contributed by atoms with van der Waals surface area (Å²) in [6.45, 7) is 8.34. The maximum atomic E-state index is 12.4. The van der Waals surface area contributed by atoms with Crippen LogP contribution in [0.3, 0.4) is 0 Å². The fourth-order valence-electron chi connectivity index (χ4n) is 3.54. The molecule has 3 atom stereocenters. The molecule has 2 aliphatic rings. The lowest BCUT2D eigenvalue weighted by molar-refractivity contribution is -0.132. The standard InChI is InChI=1S/C17H28N4O2/c1-3-21-12-15(11-19-21)16-14(6-9-23-16)10-18-13(2)17(22)20-7-4-5-8-20/h11-14,16,18H,3-10H2,1-2H3. The second-order valence-electron chi connectivity index (χ2n) is 6.63. The second-order valence-corrected chi connectivity index (χ2v) is 6.63. The van der Waals surface area contributed by atoms with Crippen LogP contribution in [0.4, 0.5) is 0 Å². The first-order valence-corrected chi connectivity index (χ1v) is 8.85. The van der Waals surface area contributed by atoms with Gasteiger partial charge in [0.15, 0.2) is 0 Å². The van der Waals surface area contributed by atoms with Crippen LogP contribution in [0.15, 0.2) is 12.4 Å². The fourth-order valence-corrected chi connectivity index (χ4v) is 3.54. The first kappa shape index (κ1) is 16.5. The quantitative estimate of drug-likeness (QED) is 0.864. The molecule has 0 spiro atoms. The van der Waals surface area contributed by atoms with Gasteiger partial charge in [0, 0.05) is 50.5 Å². The van der Waals surface area contributed by atoms with Gasteiger partial charge in [0.2, 0.25) is 5.91 Å². The highest BCUT2D eigenvalue weighted by Gasteiger charge is 2.31. The summed E-state index contributed by atoms with van der Waals surface area (Å²) >= 11 is 0. The third kappa shape index (κ3) is 3.75. The van der Waals surface area contributed by atoms with Gasteiger partial charge >= 0.3 is 0 Å². The molecule has 128 valence electrons. The molecule has 3 unspecified atom stereocenters. The summed E-state index contributed by atoms with van der Waals surface area (Å²) in [6, 6.07) is -0.118. The largest absolute Gasteiger partial charge is 0.373 e. The molecule has 6 heteroatoms. The summed E-state index contributed by atoms with van der Waals surface area (Å²) in [5, 5.41) is 7.77. The Bertz CT molecular complexity index is 524. The van der Waals surface area contributed by atoms with Gasteiger partial charge in [-0.2, -0.15) is 5.10 Å². The molecule has 3 heterocycles. The van der Waals surface area contributed by atoms with Gasteiger partial charge in [0.05, 0.1) is 18.3 Å². The minimum atomic E-state index is -0.118. The number of amides is 1. The summed E-state index contributed by atoms with van der Waals surface area (Å²) in [5.41, 5.74) is 1.15. The molecular weight excluding hydrogens is 292 g/mol. The summed E-state index contributed by atoms with van der Waals surface area (Å²) in [7, 11) is 0. The molecule has 23 heavy (non-hydrogen) atoms. The number of aryl methyl sites for hydroxylation is 1. The van der Waals surface area contributed by atoms with Crippen LogP contribution in [0.2, 0.25) is 0 Å². The van der Waals surface area contributed by atoms with Gasteiger partial charge in [-0.3, -0.25) is 9.48 Å². The molecule has 2 saturated heterocycles. The van der Waals surface area contributed by atoms with E-state index in [0.717, 1.165) is 57.6 Å². The van der Waals surface area contributed by atoms with Gasteiger partial charge < -0.3 is 15.0 Å². The van der Waals surface area contributed by atoms with E-state index < -0.39 is 0 Å². The van der Waals surface area contributed by atoms with Crippen LogP contribution < -0.4 is 5.32 Å². The first-order valence-electron chi connectivity index (χ1n) is 8.85. The van der Waals surface area contributed by atoms with Crippen LogP contribution in [0, 0.1) is 5.92 Å². The number of nitrogens with one attached hydrogen (secondary N) is 1. The molecule has 2 aliphatic heterocycles. The number of rotatable bonds is 6. The Labute approximate surface area is 138 Å². The number of hydrogen-bond acceptors (Lipinski definition) is 4. The van der Waals surface area contributed by atoms with E-state index in [-0.39, 0.29) is 18.1 Å². The number of carbonyl (C=O) groups is 1. The van der Waals surface area contributed by atoms with E-state index >= 15 is 0 Å². The molecule has 0 aromatic carbocycles. The Hall–Kier alpha value is -1.40. The van der Waals surface area contributed by atoms with E-state index in [1.54, 1.807) is 0 Å². The zero-order chi connectivity index (χ0) is 16.2. The molecule has 3 rings (SSSR count). The van der Waals surface area contributed by atoms with Gasteiger partial charge in [0.1, 0.15) is 0 Å². The predicted molar refractivity (Wildman–Crippen MR) is 88.0 cm³/mol. The van der Waals surface area contributed by atoms with Crippen molar-refractivity contribution in [1.82, 2.24) is 20.0 Å². The maximum absolute atomic E-state index is 12.4. The highest BCUT2D eigenvalue weighted by Crippen LogP contribution is 2.33. The number of carbonyl (C=O) groups excluding carboxylic acids is 1. The normalized spacial score (nSPS) is 25.9. The van der Waals surface area contributed by atoms with Crippen LogP contribution in [-0.4, -0.2) is 52.9 Å². The van der Waals surface area contributed by atoms with Gasteiger partial charge in [-0.1, -0.05) is 0 Å². The fraction of sp³-hybridized carbons (Fsp3) is 0.765. The van der Waals surface area contributed by atoms with E-state index in [4.69, 9.17) is 4.74 Å². The molecule has 1 aromatic heterocycles. The lowest BCUT2D eigenvalue weighted by Crippen LogP contribution is -2.45. The first-order chi connectivity index (χ1) is 11.2. The Morgan fingerprint density at radius 2 is 2.26 bits per heavy atom. The zero-order valence-electron chi connectivity index (χ0n) is 14.2. The number of aromatic nitrogens is 2. The van der Waals surface area contributed by atoms with Crippen molar-refractivity contribution >= 4 is 5.91 Å². The molecule has 0 saturated carbocycles. The third-order valence-corrected chi connectivity index (χ3v) is 4.99. The van der Waals surface area contributed by atoms with Crippen molar-refractivity contribution in [3.63, 3.8) is 0 Å². The van der Waals surface area contributed by atoms with Crippen LogP contribution in [0.5, 0.6) is 0 Å². The lowest BCUT2D eigenvalue weighted by Gasteiger charge is -2.24. The van der Waals surface area contributed by atoms with E-state index in [9.17, 15) is 4.79 Å². The lowest BCUT2D eigenvalue weighted by atomic mass is 9.97. The van der Waals surface area contributed by atoms with Crippen molar-refractivity contribution in [2.75, 3.05) is 26.2 Å². The van der Waals surface area contributed by atoms with Gasteiger partial charge in [-0.15, -0.1) is 0 Å². The summed E-state index contributed by atoms with van der Waals surface area (Å²) < 4.78 is 7.84. The average Bonchev–Trinajstić information content (AvgIpc) is 3.32. The molecule has 0 radical (unpaired) electrons. The minimum Gasteiger partial charge on any atom is -0.373 e. The second kappa shape index (κ2) is 7.45. The molecule has 2 fully saturated rings. The molecule has 1 amide bonds. The van der Waals surface area contributed by atoms with Crippen molar-refractivity contribution in [1.29, 1.82) is 0 Å². The predicted octanol–water partition coefficient (Wildman–Crippen LogP) is 1.58. The Balaban J connectivity index is 1.53. The van der Waals surface area contributed by atoms with Crippen LogP contribution >= 0.6 is 0 Å². The number of nitrogens with zero attached hydrogens (tertiary/aromatic N) is 3. The van der Waals surface area contributed by atoms with Crippen molar-refractivity contribution in [2.24, 2.45) is 5.92 Å². The van der Waals surface area contributed by atoms with Gasteiger partial charge in [0.25, 0.3) is 0 Å². The minimum absolute atomic E-state index is 0.0943. The molecule has 6 nitrogen and oxygen atoms in total. The Morgan fingerprint density at radius 1 is 1.48 bits per heavy atom. The third-order valence-electron chi connectivity index (χ3n) is 4.99. The van der Waals surface area contributed by atoms with Crippen molar-refractivity contribution < 1.29 is 9.53 Å². The monoisotopic (exact) mass is 320 g/mol. The molecule has 0 aliphatic carbocycles. The Morgan fingerprint density at radius 3 is 2.96 bits per heavy atom. The summed E-state index contributed by atoms with van der Waals surface area (Å²) in [5.74, 6) is 0.634. The van der Waals surface area contributed by atoms with Gasteiger partial charge in [-0.05, 0) is 33.1 Å². The average molecular weight is 320 g/mol. The molecule has 1 aromatic rings. The van der Waals surface area contributed by atoms with Crippen LogP contribution in [0.1, 0.15) is 44.8 Å². The number of ether oxygens (including phenoxy) is 1. The van der Waals surface area contributed by atoms with E-state index in [0.29, 0.717) is 5.92 Å². The van der Waals surface area contributed by atoms with E-state index in [1.807, 2.05) is 22.7 Å². The smallest absolute Gasteiger partial charge is 0.239 e. The highest BCUT2D eigenvalue weighted by molar-refractivity contribution is 5.81. The molecular formula is C17H28N4O2. The van der Waals surface area contributed by atoms with Crippen molar-refractivity contribution in [3.8, 4) is 0 Å². The molecule has 0 bridgehead atoms. The number of hydrogen-bond donors (Lipinski definition) is 1. The van der Waals surface area contributed by atoms with Crippen LogP contribution in [0.25, 0.3) is 0 Å². The Kier molecular flexibility index (Phi) is 5.33. The van der Waals surface area contributed by atoms with Crippen molar-refractivity contribution in [3.05, 3.63) is 18.0 Å². The number of likely N-dealkylation sites (tertiary alicyclic amines) is 1. The SMILES string of the molecule is CCn1cc(C2OCCC2CNC(C)C(=O)N2CCCC2)cn1. The maximum Gasteiger partial charge on any atom is 0.239 e. The summed E-state index contributed by atoms with van der Waals surface area (Å²) in [4.78, 5) is 14.3. The highest BCUT2D eigenvalue weighted by atomic mass is 16.5. The molecule has 1 N–H and O–H groups in total. The van der Waals surface area contributed by atoms with Gasteiger partial charge in [-0.25, -0.2) is 0 Å². The van der Waals surface area contributed by atoms with E-state index in [1.165, 1.54) is 0 Å². The van der Waals surface area contributed by atoms with Crippen LogP contribution in [-0.2, 0) is 16.1 Å².